The number of nitrogens with zero attached hydrogens (tertiary/aromatic N) is 2. The van der Waals surface area contributed by atoms with Gasteiger partial charge >= 0.3 is 0 Å². The van der Waals surface area contributed by atoms with Gasteiger partial charge in [-0.25, -0.2) is 4.98 Å². The van der Waals surface area contributed by atoms with Crippen molar-refractivity contribution in [3.05, 3.63) is 68.0 Å². The summed E-state index contributed by atoms with van der Waals surface area (Å²) in [5.41, 5.74) is 2.84. The fourth-order valence-corrected chi connectivity index (χ4v) is 3.83. The topological polar surface area (TPSA) is 46.4 Å². The highest BCUT2D eigenvalue weighted by atomic mass is 35.5. The van der Waals surface area contributed by atoms with Crippen LogP contribution in [0.2, 0.25) is 5.02 Å². The second kappa shape index (κ2) is 7.05. The number of rotatable bonds is 5. The zero-order valence-corrected chi connectivity index (χ0v) is 15.5. The van der Waals surface area contributed by atoms with Crippen molar-refractivity contribution in [2.45, 2.75) is 33.4 Å². The SMILES string of the molecule is Cc1csc2nc(CN[C@@H](c3ccc(Cl)cc3)C(C)C)cc(=O)n12. The number of fused-ring (bicyclic) bond motifs is 1. The Morgan fingerprint density at radius 3 is 2.67 bits per heavy atom. The van der Waals surface area contributed by atoms with E-state index < -0.39 is 0 Å². The van der Waals surface area contributed by atoms with E-state index in [0.717, 1.165) is 21.4 Å². The highest BCUT2D eigenvalue weighted by Gasteiger charge is 2.16. The van der Waals surface area contributed by atoms with Gasteiger partial charge in [0.2, 0.25) is 0 Å². The molecule has 0 saturated carbocycles. The van der Waals surface area contributed by atoms with Crippen molar-refractivity contribution in [1.82, 2.24) is 14.7 Å². The molecule has 0 spiro atoms. The lowest BCUT2D eigenvalue weighted by molar-refractivity contribution is 0.408. The third-order valence-electron chi connectivity index (χ3n) is 4.03. The lowest BCUT2D eigenvalue weighted by Gasteiger charge is -2.23. The van der Waals surface area contributed by atoms with Crippen LogP contribution in [0.5, 0.6) is 0 Å². The summed E-state index contributed by atoms with van der Waals surface area (Å²) in [5.74, 6) is 0.403. The fourth-order valence-electron chi connectivity index (χ4n) is 2.81. The first-order valence-corrected chi connectivity index (χ1v) is 9.17. The van der Waals surface area contributed by atoms with Crippen molar-refractivity contribution < 1.29 is 0 Å². The number of hydrogen-bond acceptors (Lipinski definition) is 4. The van der Waals surface area contributed by atoms with Crippen LogP contribution in [-0.4, -0.2) is 9.38 Å². The van der Waals surface area contributed by atoms with Crippen LogP contribution in [0, 0.1) is 12.8 Å². The first-order valence-electron chi connectivity index (χ1n) is 7.91. The first-order chi connectivity index (χ1) is 11.5. The van der Waals surface area contributed by atoms with E-state index in [0.29, 0.717) is 12.5 Å². The summed E-state index contributed by atoms with van der Waals surface area (Å²) in [7, 11) is 0. The summed E-state index contributed by atoms with van der Waals surface area (Å²) in [6.07, 6.45) is 0. The maximum atomic E-state index is 12.3. The molecule has 126 valence electrons. The molecular formula is C18H20ClN3OS. The molecule has 24 heavy (non-hydrogen) atoms. The van der Waals surface area contributed by atoms with E-state index >= 15 is 0 Å². The summed E-state index contributed by atoms with van der Waals surface area (Å²) in [6, 6.07) is 9.66. The molecule has 1 N–H and O–H groups in total. The molecule has 0 amide bonds. The van der Waals surface area contributed by atoms with E-state index in [1.165, 1.54) is 16.9 Å². The molecule has 2 aromatic heterocycles. The van der Waals surface area contributed by atoms with Gasteiger partial charge in [-0.3, -0.25) is 9.20 Å². The maximum absolute atomic E-state index is 12.3. The van der Waals surface area contributed by atoms with Crippen molar-refractivity contribution in [3.63, 3.8) is 0 Å². The highest BCUT2D eigenvalue weighted by molar-refractivity contribution is 7.15. The maximum Gasteiger partial charge on any atom is 0.259 e. The molecule has 0 unspecified atom stereocenters. The minimum Gasteiger partial charge on any atom is -0.304 e. The summed E-state index contributed by atoms with van der Waals surface area (Å²) >= 11 is 7.47. The minimum absolute atomic E-state index is 0.0249. The van der Waals surface area contributed by atoms with Gasteiger partial charge < -0.3 is 5.32 Å². The van der Waals surface area contributed by atoms with E-state index in [9.17, 15) is 4.79 Å². The van der Waals surface area contributed by atoms with Crippen molar-refractivity contribution in [2.75, 3.05) is 0 Å². The first kappa shape index (κ1) is 17.1. The number of aromatic nitrogens is 2. The number of benzene rings is 1. The van der Waals surface area contributed by atoms with Gasteiger partial charge in [-0.1, -0.05) is 37.6 Å². The van der Waals surface area contributed by atoms with Crippen LogP contribution in [0.25, 0.3) is 4.96 Å². The molecule has 4 nitrogen and oxygen atoms in total. The van der Waals surface area contributed by atoms with E-state index in [1.807, 2.05) is 36.6 Å². The second-order valence-electron chi connectivity index (χ2n) is 6.23. The van der Waals surface area contributed by atoms with Gasteiger partial charge in [-0.05, 0) is 30.5 Å². The van der Waals surface area contributed by atoms with Crippen LogP contribution < -0.4 is 10.9 Å². The van der Waals surface area contributed by atoms with Gasteiger partial charge in [0, 0.05) is 34.7 Å². The van der Waals surface area contributed by atoms with Gasteiger partial charge in [-0.2, -0.15) is 0 Å². The summed E-state index contributed by atoms with van der Waals surface area (Å²) < 4.78 is 1.65. The zero-order valence-electron chi connectivity index (χ0n) is 13.9. The van der Waals surface area contributed by atoms with Gasteiger partial charge in [0.05, 0.1) is 5.69 Å². The molecule has 2 heterocycles. The molecular weight excluding hydrogens is 342 g/mol. The predicted octanol–water partition coefficient (Wildman–Crippen LogP) is 4.20. The Balaban J connectivity index is 1.82. The molecule has 0 fully saturated rings. The highest BCUT2D eigenvalue weighted by Crippen LogP contribution is 2.23. The van der Waals surface area contributed by atoms with Crippen LogP contribution in [0.1, 0.15) is 36.8 Å². The number of thiazole rings is 1. The molecule has 0 aliphatic rings. The Hall–Kier alpha value is -1.69. The van der Waals surface area contributed by atoms with Crippen LogP contribution in [0.15, 0.2) is 40.5 Å². The molecule has 1 atom stereocenters. The largest absolute Gasteiger partial charge is 0.304 e. The third-order valence-corrected chi connectivity index (χ3v) is 5.22. The lowest BCUT2D eigenvalue weighted by Crippen LogP contribution is -2.27. The standard InChI is InChI=1S/C18H20ClN3OS/c1-11(2)17(13-4-6-14(19)7-5-13)20-9-15-8-16(23)22-12(3)10-24-18(22)21-15/h4-8,10-11,17,20H,9H2,1-3H3/t17-/m1/s1. The molecule has 3 aromatic rings. The van der Waals surface area contributed by atoms with Crippen LogP contribution >= 0.6 is 22.9 Å². The van der Waals surface area contributed by atoms with Crippen LogP contribution in [0.4, 0.5) is 0 Å². The monoisotopic (exact) mass is 361 g/mol. The number of aryl methyl sites for hydroxylation is 1. The van der Waals surface area contributed by atoms with Crippen molar-refractivity contribution in [1.29, 1.82) is 0 Å². The van der Waals surface area contributed by atoms with Gasteiger partial charge in [0.15, 0.2) is 4.96 Å². The Labute approximate surface area is 150 Å². The van der Waals surface area contributed by atoms with E-state index in [-0.39, 0.29) is 11.6 Å². The van der Waals surface area contributed by atoms with E-state index in [2.05, 4.69) is 24.1 Å². The van der Waals surface area contributed by atoms with E-state index in [4.69, 9.17) is 11.6 Å². The van der Waals surface area contributed by atoms with Crippen molar-refractivity contribution >= 4 is 27.9 Å². The second-order valence-corrected chi connectivity index (χ2v) is 7.51. The number of nitrogens with one attached hydrogen (secondary N) is 1. The molecule has 0 saturated heterocycles. The summed E-state index contributed by atoms with van der Waals surface area (Å²) in [4.78, 5) is 17.6. The Morgan fingerprint density at radius 1 is 1.29 bits per heavy atom. The zero-order chi connectivity index (χ0) is 17.3. The molecule has 0 aliphatic carbocycles. The van der Waals surface area contributed by atoms with Crippen LogP contribution in [-0.2, 0) is 6.54 Å². The Morgan fingerprint density at radius 2 is 2.00 bits per heavy atom. The molecule has 1 aromatic carbocycles. The summed E-state index contributed by atoms with van der Waals surface area (Å²) in [6.45, 7) is 6.80. The Bertz CT molecular complexity index is 899. The summed E-state index contributed by atoms with van der Waals surface area (Å²) in [5, 5.41) is 6.20. The molecule has 3 rings (SSSR count). The minimum atomic E-state index is -0.0249. The quantitative estimate of drug-likeness (QED) is 0.740. The molecule has 0 aliphatic heterocycles. The van der Waals surface area contributed by atoms with Gasteiger partial charge in [-0.15, -0.1) is 11.3 Å². The lowest BCUT2D eigenvalue weighted by atomic mass is 9.96. The molecule has 6 heteroatoms. The number of hydrogen-bond donors (Lipinski definition) is 1. The average Bonchev–Trinajstić information content (AvgIpc) is 2.90. The fraction of sp³-hybridized carbons (Fsp3) is 0.333. The third kappa shape index (κ3) is 3.53. The smallest absolute Gasteiger partial charge is 0.259 e. The molecule has 0 bridgehead atoms. The predicted molar refractivity (Wildman–Crippen MR) is 99.9 cm³/mol. The van der Waals surface area contributed by atoms with Crippen molar-refractivity contribution in [3.8, 4) is 0 Å². The number of halogens is 1. The Kier molecular flexibility index (Phi) is 5.04. The van der Waals surface area contributed by atoms with Gasteiger partial charge in [0.25, 0.3) is 5.56 Å². The normalized spacial score (nSPS) is 12.9. The molecule has 0 radical (unpaired) electrons. The van der Waals surface area contributed by atoms with Gasteiger partial charge in [0.1, 0.15) is 0 Å². The van der Waals surface area contributed by atoms with Crippen LogP contribution in [0.3, 0.4) is 0 Å². The van der Waals surface area contributed by atoms with Crippen molar-refractivity contribution in [2.24, 2.45) is 5.92 Å². The average molecular weight is 362 g/mol. The van der Waals surface area contributed by atoms with E-state index in [1.54, 1.807) is 10.5 Å².